The summed E-state index contributed by atoms with van der Waals surface area (Å²) in [7, 11) is 1.29. The SMILES string of the molecule is COC(=O)C(N)Cc1ccc(N2CCCCC2)c(F)c1. The molecule has 0 spiro atoms. The zero-order valence-electron chi connectivity index (χ0n) is 11.8. The van der Waals surface area contributed by atoms with E-state index in [0.29, 0.717) is 11.3 Å². The van der Waals surface area contributed by atoms with Crippen molar-refractivity contribution in [1.29, 1.82) is 0 Å². The van der Waals surface area contributed by atoms with Crippen molar-refractivity contribution in [3.8, 4) is 0 Å². The summed E-state index contributed by atoms with van der Waals surface area (Å²) in [4.78, 5) is 13.3. The van der Waals surface area contributed by atoms with Gasteiger partial charge in [0, 0.05) is 13.1 Å². The monoisotopic (exact) mass is 280 g/mol. The molecule has 0 amide bonds. The smallest absolute Gasteiger partial charge is 0.322 e. The number of benzene rings is 1. The average Bonchev–Trinajstić information content (AvgIpc) is 2.47. The van der Waals surface area contributed by atoms with Crippen molar-refractivity contribution in [3.63, 3.8) is 0 Å². The van der Waals surface area contributed by atoms with Crippen molar-refractivity contribution < 1.29 is 13.9 Å². The third kappa shape index (κ3) is 3.48. The van der Waals surface area contributed by atoms with Crippen LogP contribution in [-0.2, 0) is 16.0 Å². The third-order valence-electron chi connectivity index (χ3n) is 3.67. The van der Waals surface area contributed by atoms with Crippen LogP contribution in [0.15, 0.2) is 18.2 Å². The van der Waals surface area contributed by atoms with Crippen molar-refractivity contribution in [2.75, 3.05) is 25.1 Å². The van der Waals surface area contributed by atoms with Gasteiger partial charge < -0.3 is 15.4 Å². The van der Waals surface area contributed by atoms with Gasteiger partial charge in [-0.3, -0.25) is 4.79 Å². The van der Waals surface area contributed by atoms with Crippen LogP contribution in [0.3, 0.4) is 0 Å². The third-order valence-corrected chi connectivity index (χ3v) is 3.67. The Morgan fingerprint density at radius 2 is 2.10 bits per heavy atom. The van der Waals surface area contributed by atoms with Crippen LogP contribution in [0.1, 0.15) is 24.8 Å². The number of carbonyl (C=O) groups is 1. The van der Waals surface area contributed by atoms with Crippen LogP contribution in [0.5, 0.6) is 0 Å². The summed E-state index contributed by atoms with van der Waals surface area (Å²) >= 11 is 0. The summed E-state index contributed by atoms with van der Waals surface area (Å²) in [5.41, 5.74) is 7.03. The van der Waals surface area contributed by atoms with Gasteiger partial charge >= 0.3 is 5.97 Å². The number of anilines is 1. The summed E-state index contributed by atoms with van der Waals surface area (Å²) in [6, 6.07) is 4.32. The highest BCUT2D eigenvalue weighted by molar-refractivity contribution is 5.75. The molecule has 0 bridgehead atoms. The molecule has 0 radical (unpaired) electrons. The van der Waals surface area contributed by atoms with Gasteiger partial charge in [0.15, 0.2) is 0 Å². The predicted molar refractivity (Wildman–Crippen MR) is 76.2 cm³/mol. The minimum atomic E-state index is -0.750. The van der Waals surface area contributed by atoms with Gasteiger partial charge in [0.05, 0.1) is 12.8 Å². The normalized spacial score (nSPS) is 16.9. The largest absolute Gasteiger partial charge is 0.468 e. The van der Waals surface area contributed by atoms with Crippen molar-refractivity contribution in [2.45, 2.75) is 31.7 Å². The van der Waals surface area contributed by atoms with Crippen LogP contribution < -0.4 is 10.6 Å². The fourth-order valence-corrected chi connectivity index (χ4v) is 2.56. The lowest BCUT2D eigenvalue weighted by Crippen LogP contribution is -2.33. The molecule has 0 aliphatic carbocycles. The molecular formula is C15H21FN2O2. The number of halogens is 1. The van der Waals surface area contributed by atoms with E-state index in [-0.39, 0.29) is 12.2 Å². The topological polar surface area (TPSA) is 55.6 Å². The Balaban J connectivity index is 2.07. The van der Waals surface area contributed by atoms with Gasteiger partial charge in [0.2, 0.25) is 0 Å². The first-order valence-corrected chi connectivity index (χ1v) is 6.98. The van der Waals surface area contributed by atoms with Crippen molar-refractivity contribution in [1.82, 2.24) is 0 Å². The molecular weight excluding hydrogens is 259 g/mol. The maximum absolute atomic E-state index is 14.2. The van der Waals surface area contributed by atoms with Crippen molar-refractivity contribution in [2.24, 2.45) is 5.73 Å². The predicted octanol–water partition coefficient (Wildman–Crippen LogP) is 1.86. The fraction of sp³-hybridized carbons (Fsp3) is 0.533. The van der Waals surface area contributed by atoms with E-state index in [4.69, 9.17) is 5.73 Å². The number of piperidine rings is 1. The summed E-state index contributed by atoms with van der Waals surface area (Å²) < 4.78 is 18.7. The van der Waals surface area contributed by atoms with Gasteiger partial charge in [-0.25, -0.2) is 4.39 Å². The Morgan fingerprint density at radius 1 is 1.40 bits per heavy atom. The molecule has 4 nitrogen and oxygen atoms in total. The van der Waals surface area contributed by atoms with Gasteiger partial charge in [0.1, 0.15) is 11.9 Å². The number of rotatable bonds is 4. The van der Waals surface area contributed by atoms with Crippen LogP contribution >= 0.6 is 0 Å². The molecule has 5 heteroatoms. The molecule has 2 rings (SSSR count). The fourth-order valence-electron chi connectivity index (χ4n) is 2.56. The highest BCUT2D eigenvalue weighted by atomic mass is 19.1. The number of hydrogen-bond donors (Lipinski definition) is 1. The number of nitrogens with zero attached hydrogens (tertiary/aromatic N) is 1. The van der Waals surface area contributed by atoms with Crippen LogP contribution in [0.25, 0.3) is 0 Å². The Bertz CT molecular complexity index is 473. The van der Waals surface area contributed by atoms with E-state index < -0.39 is 12.0 Å². The number of carbonyl (C=O) groups excluding carboxylic acids is 1. The molecule has 0 saturated carbocycles. The van der Waals surface area contributed by atoms with Crippen LogP contribution in [-0.4, -0.2) is 32.2 Å². The van der Waals surface area contributed by atoms with Gasteiger partial charge in [-0.05, 0) is 43.4 Å². The van der Waals surface area contributed by atoms with Gasteiger partial charge in [-0.15, -0.1) is 0 Å². The molecule has 2 N–H and O–H groups in total. The number of esters is 1. The van der Waals surface area contributed by atoms with E-state index in [2.05, 4.69) is 9.64 Å². The second kappa shape index (κ2) is 6.70. The van der Waals surface area contributed by atoms with E-state index >= 15 is 0 Å². The second-order valence-corrected chi connectivity index (χ2v) is 5.17. The Morgan fingerprint density at radius 3 is 2.70 bits per heavy atom. The maximum atomic E-state index is 14.2. The van der Waals surface area contributed by atoms with Crippen LogP contribution in [0, 0.1) is 5.82 Å². The van der Waals surface area contributed by atoms with Gasteiger partial charge in [-0.2, -0.15) is 0 Å². The first-order chi connectivity index (χ1) is 9.61. The Labute approximate surface area is 118 Å². The van der Waals surface area contributed by atoms with Crippen molar-refractivity contribution in [3.05, 3.63) is 29.6 Å². The second-order valence-electron chi connectivity index (χ2n) is 5.17. The van der Waals surface area contributed by atoms with Gasteiger partial charge in [-0.1, -0.05) is 6.07 Å². The Hall–Kier alpha value is -1.62. The molecule has 1 aliphatic heterocycles. The lowest BCUT2D eigenvalue weighted by atomic mass is 10.0. The average molecular weight is 280 g/mol. The summed E-state index contributed by atoms with van der Waals surface area (Å²) in [5.74, 6) is -0.730. The lowest BCUT2D eigenvalue weighted by molar-refractivity contribution is -0.142. The van der Waals surface area contributed by atoms with E-state index in [0.717, 1.165) is 25.9 Å². The first kappa shape index (κ1) is 14.8. The van der Waals surface area contributed by atoms with E-state index in [9.17, 15) is 9.18 Å². The summed E-state index contributed by atoms with van der Waals surface area (Å²) in [5, 5.41) is 0. The van der Waals surface area contributed by atoms with Crippen molar-refractivity contribution >= 4 is 11.7 Å². The zero-order chi connectivity index (χ0) is 14.5. The molecule has 1 heterocycles. The zero-order valence-corrected chi connectivity index (χ0v) is 11.8. The summed E-state index contributed by atoms with van der Waals surface area (Å²) in [6.45, 7) is 1.80. The number of hydrogen-bond acceptors (Lipinski definition) is 4. The molecule has 0 aromatic heterocycles. The number of ether oxygens (including phenoxy) is 1. The Kier molecular flexibility index (Phi) is 4.95. The highest BCUT2D eigenvalue weighted by Crippen LogP contribution is 2.24. The molecule has 110 valence electrons. The standard InChI is InChI=1S/C15H21FN2O2/c1-20-15(19)13(17)10-11-5-6-14(12(16)9-11)18-7-3-2-4-8-18/h5-6,9,13H,2-4,7-8,10,17H2,1H3. The molecule has 1 atom stereocenters. The summed E-state index contributed by atoms with van der Waals surface area (Å²) in [6.07, 6.45) is 3.71. The minimum absolute atomic E-state index is 0.249. The van der Waals surface area contributed by atoms with E-state index in [1.165, 1.54) is 19.6 Å². The first-order valence-electron chi connectivity index (χ1n) is 6.98. The molecule has 1 unspecified atom stereocenters. The van der Waals surface area contributed by atoms with Crippen LogP contribution in [0.4, 0.5) is 10.1 Å². The molecule has 1 aromatic carbocycles. The molecule has 1 saturated heterocycles. The molecule has 1 aliphatic rings. The number of nitrogens with two attached hydrogens (primary N) is 1. The number of methoxy groups -OCH3 is 1. The van der Waals surface area contributed by atoms with Gasteiger partial charge in [0.25, 0.3) is 0 Å². The minimum Gasteiger partial charge on any atom is -0.468 e. The molecule has 1 aromatic rings. The highest BCUT2D eigenvalue weighted by Gasteiger charge is 2.18. The van der Waals surface area contributed by atoms with E-state index in [1.807, 2.05) is 6.07 Å². The quantitative estimate of drug-likeness (QED) is 0.855. The molecule has 20 heavy (non-hydrogen) atoms. The maximum Gasteiger partial charge on any atom is 0.322 e. The lowest BCUT2D eigenvalue weighted by Gasteiger charge is -2.29. The van der Waals surface area contributed by atoms with E-state index in [1.54, 1.807) is 6.07 Å². The molecule has 1 fully saturated rings. The van der Waals surface area contributed by atoms with Crippen LogP contribution in [0.2, 0.25) is 0 Å².